The summed E-state index contributed by atoms with van der Waals surface area (Å²) in [6, 6.07) is 15.5. The number of nitrogens with one attached hydrogen (secondary N) is 1. The molecule has 3 nitrogen and oxygen atoms in total. The molecule has 0 amide bonds. The van der Waals surface area contributed by atoms with Gasteiger partial charge in [-0.3, -0.25) is 5.32 Å². The van der Waals surface area contributed by atoms with Gasteiger partial charge in [-0.2, -0.15) is 0 Å². The van der Waals surface area contributed by atoms with Crippen LogP contribution in [0.5, 0.6) is 0 Å². The number of nitrogens with two attached hydrogens (primary N) is 1. The third-order valence-corrected chi connectivity index (χ3v) is 7.42. The molecule has 2 aromatic carbocycles. The summed E-state index contributed by atoms with van der Waals surface area (Å²) in [6.45, 7) is 4.59. The molecule has 0 aromatic heterocycles. The molecule has 0 radical (unpaired) electrons. The molecule has 1 atom stereocenters. The highest BCUT2D eigenvalue weighted by Gasteiger charge is 2.36. The summed E-state index contributed by atoms with van der Waals surface area (Å²) < 4.78 is 0. The number of nitrogens with zero attached hydrogens (tertiary/aromatic N) is 1. The van der Waals surface area contributed by atoms with Crippen LogP contribution in [0, 0.1) is 0 Å². The number of anilines is 2. The fourth-order valence-corrected chi connectivity index (χ4v) is 5.57. The maximum absolute atomic E-state index is 6.19. The number of hydrogen-bond donors (Lipinski definition) is 2. The largest absolute Gasteiger partial charge is 0.399 e. The van der Waals surface area contributed by atoms with Gasteiger partial charge in [0.05, 0.1) is 6.04 Å². The van der Waals surface area contributed by atoms with Crippen LogP contribution in [0.15, 0.2) is 47.4 Å². The highest BCUT2D eigenvalue weighted by molar-refractivity contribution is 7.99. The second kappa shape index (κ2) is 9.90. The zero-order valence-electron chi connectivity index (χ0n) is 18.5. The van der Waals surface area contributed by atoms with Gasteiger partial charge < -0.3 is 10.6 Å². The van der Waals surface area contributed by atoms with Gasteiger partial charge in [-0.15, -0.1) is 11.8 Å². The standard InChI is InChI=1S/C25H37N3S/c1-5-7-14-25(15-8-6-2)18-29-23-13-12-21(28(3)4)17-22(23)24(27-25)19-10-9-11-20(26)16-19/h9-13,16-17,24,27H,5-8,14-15,18,26H2,1-4H3. The zero-order valence-corrected chi connectivity index (χ0v) is 19.3. The van der Waals surface area contributed by atoms with Crippen LogP contribution in [0.1, 0.15) is 69.5 Å². The van der Waals surface area contributed by atoms with E-state index >= 15 is 0 Å². The van der Waals surface area contributed by atoms with Gasteiger partial charge in [0.15, 0.2) is 0 Å². The molecule has 0 fully saturated rings. The first-order chi connectivity index (χ1) is 14.0. The molecule has 1 aliphatic rings. The van der Waals surface area contributed by atoms with Crippen molar-refractivity contribution in [1.82, 2.24) is 5.32 Å². The summed E-state index contributed by atoms with van der Waals surface area (Å²) in [6.07, 6.45) is 7.45. The number of benzene rings is 2. The van der Waals surface area contributed by atoms with Crippen LogP contribution in [-0.2, 0) is 0 Å². The Labute approximate surface area is 181 Å². The molecule has 0 saturated carbocycles. The Kier molecular flexibility index (Phi) is 7.53. The average Bonchev–Trinajstić information content (AvgIpc) is 2.88. The van der Waals surface area contributed by atoms with Crippen LogP contribution in [0.25, 0.3) is 0 Å². The Morgan fingerprint density at radius 1 is 1.07 bits per heavy atom. The maximum atomic E-state index is 6.19. The molecular weight excluding hydrogens is 374 g/mol. The van der Waals surface area contributed by atoms with Crippen LogP contribution < -0.4 is 16.0 Å². The number of nitrogen functional groups attached to an aromatic ring is 1. The van der Waals surface area contributed by atoms with Crippen molar-refractivity contribution in [2.45, 2.75) is 68.8 Å². The summed E-state index contributed by atoms with van der Waals surface area (Å²) in [5.74, 6) is 1.13. The van der Waals surface area contributed by atoms with E-state index < -0.39 is 0 Å². The first kappa shape index (κ1) is 22.0. The van der Waals surface area contributed by atoms with E-state index in [1.165, 1.54) is 60.2 Å². The van der Waals surface area contributed by atoms with Gasteiger partial charge in [-0.1, -0.05) is 51.7 Å². The second-order valence-electron chi connectivity index (χ2n) is 8.64. The van der Waals surface area contributed by atoms with E-state index in [0.717, 1.165) is 11.4 Å². The third-order valence-electron chi connectivity index (χ3n) is 6.04. The summed E-state index contributed by atoms with van der Waals surface area (Å²) in [4.78, 5) is 3.58. The van der Waals surface area contributed by atoms with Crippen LogP contribution in [0.2, 0.25) is 0 Å². The van der Waals surface area contributed by atoms with Crippen molar-refractivity contribution >= 4 is 23.1 Å². The highest BCUT2D eigenvalue weighted by atomic mass is 32.2. The van der Waals surface area contributed by atoms with E-state index in [1.54, 1.807) is 0 Å². The Balaban J connectivity index is 2.08. The second-order valence-corrected chi connectivity index (χ2v) is 9.66. The normalized spacial score (nSPS) is 18.1. The predicted molar refractivity (Wildman–Crippen MR) is 129 cm³/mol. The summed E-state index contributed by atoms with van der Waals surface area (Å²) in [5.41, 5.74) is 11.1. The third kappa shape index (κ3) is 5.29. The predicted octanol–water partition coefficient (Wildman–Crippen LogP) is 6.24. The Bertz CT molecular complexity index is 794. The number of hydrogen-bond acceptors (Lipinski definition) is 4. The van der Waals surface area contributed by atoms with E-state index in [9.17, 15) is 0 Å². The molecule has 3 rings (SSSR count). The van der Waals surface area contributed by atoms with E-state index in [-0.39, 0.29) is 11.6 Å². The van der Waals surface area contributed by atoms with Gasteiger partial charge >= 0.3 is 0 Å². The number of rotatable bonds is 8. The molecule has 0 spiro atoms. The van der Waals surface area contributed by atoms with Gasteiger partial charge in [-0.05, 0) is 54.3 Å². The molecular formula is C25H37N3S. The van der Waals surface area contributed by atoms with Gasteiger partial charge in [-0.25, -0.2) is 0 Å². The minimum absolute atomic E-state index is 0.156. The lowest BCUT2D eigenvalue weighted by atomic mass is 9.86. The summed E-state index contributed by atoms with van der Waals surface area (Å²) in [5, 5.41) is 4.17. The molecule has 3 N–H and O–H groups in total. The minimum Gasteiger partial charge on any atom is -0.399 e. The van der Waals surface area contributed by atoms with Crippen molar-refractivity contribution in [3.63, 3.8) is 0 Å². The highest BCUT2D eigenvalue weighted by Crippen LogP contribution is 2.42. The Morgan fingerprint density at radius 2 is 1.79 bits per heavy atom. The number of unbranched alkanes of at least 4 members (excludes halogenated alkanes) is 2. The average molecular weight is 412 g/mol. The van der Waals surface area contributed by atoms with Crippen molar-refractivity contribution in [2.75, 3.05) is 30.5 Å². The van der Waals surface area contributed by atoms with Crippen LogP contribution in [0.4, 0.5) is 11.4 Å². The minimum atomic E-state index is 0.156. The molecule has 0 saturated heterocycles. The zero-order chi connectivity index (χ0) is 20.9. The Hall–Kier alpha value is -1.65. The molecule has 1 aliphatic heterocycles. The molecule has 0 bridgehead atoms. The monoisotopic (exact) mass is 411 g/mol. The van der Waals surface area contributed by atoms with Crippen LogP contribution in [0.3, 0.4) is 0 Å². The first-order valence-corrected chi connectivity index (χ1v) is 12.0. The first-order valence-electron chi connectivity index (χ1n) is 11.0. The molecule has 1 heterocycles. The SMILES string of the molecule is CCCCC1(CCCC)CSc2ccc(N(C)C)cc2C(c2cccc(N)c2)N1. The van der Waals surface area contributed by atoms with Crippen LogP contribution in [-0.4, -0.2) is 25.4 Å². The number of thioether (sulfide) groups is 1. The van der Waals surface area contributed by atoms with E-state index in [0.29, 0.717) is 0 Å². The van der Waals surface area contributed by atoms with E-state index in [2.05, 4.69) is 74.6 Å². The van der Waals surface area contributed by atoms with Crippen molar-refractivity contribution < 1.29 is 0 Å². The van der Waals surface area contributed by atoms with Crippen LogP contribution >= 0.6 is 11.8 Å². The van der Waals surface area contributed by atoms with Gasteiger partial charge in [0.2, 0.25) is 0 Å². The van der Waals surface area contributed by atoms with Crippen molar-refractivity contribution in [2.24, 2.45) is 0 Å². The Morgan fingerprint density at radius 3 is 2.41 bits per heavy atom. The van der Waals surface area contributed by atoms with E-state index in [4.69, 9.17) is 5.73 Å². The molecule has 2 aromatic rings. The fraction of sp³-hybridized carbons (Fsp3) is 0.520. The summed E-state index contributed by atoms with van der Waals surface area (Å²) in [7, 11) is 4.22. The maximum Gasteiger partial charge on any atom is 0.0593 e. The van der Waals surface area contributed by atoms with E-state index in [1.807, 2.05) is 17.8 Å². The van der Waals surface area contributed by atoms with Gasteiger partial charge in [0.25, 0.3) is 0 Å². The van der Waals surface area contributed by atoms with Gasteiger partial charge in [0.1, 0.15) is 0 Å². The molecule has 0 aliphatic carbocycles. The molecule has 29 heavy (non-hydrogen) atoms. The van der Waals surface area contributed by atoms with Crippen molar-refractivity contribution in [3.8, 4) is 0 Å². The lowest BCUT2D eigenvalue weighted by Gasteiger charge is -2.37. The molecule has 4 heteroatoms. The molecule has 158 valence electrons. The van der Waals surface area contributed by atoms with Crippen molar-refractivity contribution in [1.29, 1.82) is 0 Å². The summed E-state index contributed by atoms with van der Waals surface area (Å²) >= 11 is 2.03. The van der Waals surface area contributed by atoms with Crippen molar-refractivity contribution in [3.05, 3.63) is 53.6 Å². The lowest BCUT2D eigenvalue weighted by molar-refractivity contribution is 0.281. The van der Waals surface area contributed by atoms with Gasteiger partial charge in [0, 0.05) is 41.7 Å². The lowest BCUT2D eigenvalue weighted by Crippen LogP contribution is -2.48. The fourth-order valence-electron chi connectivity index (χ4n) is 4.26. The number of fused-ring (bicyclic) bond motifs is 1. The topological polar surface area (TPSA) is 41.3 Å². The smallest absolute Gasteiger partial charge is 0.0593 e. The molecule has 1 unspecified atom stereocenters. The quantitative estimate of drug-likeness (QED) is 0.505.